The summed E-state index contributed by atoms with van der Waals surface area (Å²) >= 11 is 0. The number of carboxylic acid groups (broad SMARTS) is 1. The SMILES string of the molecule is O=C(O)c1cccc2c1[nH]c1c3cc([N+](=O)[O-])ccc3oc21. The Morgan fingerprint density at radius 2 is 2.00 bits per heavy atom. The molecule has 0 aliphatic heterocycles. The number of hydrogen-bond acceptors (Lipinski definition) is 4. The third-order valence-electron chi connectivity index (χ3n) is 3.67. The van der Waals surface area contributed by atoms with Crippen LogP contribution in [0.15, 0.2) is 40.8 Å². The Kier molecular flexibility index (Phi) is 2.30. The van der Waals surface area contributed by atoms with E-state index in [1.54, 1.807) is 12.1 Å². The molecule has 108 valence electrons. The topological polar surface area (TPSA) is 109 Å². The number of carboxylic acids is 1. The first kappa shape index (κ1) is 12.4. The van der Waals surface area contributed by atoms with Gasteiger partial charge in [0.05, 0.1) is 26.9 Å². The second kappa shape index (κ2) is 4.08. The number of non-ortho nitro benzene ring substituents is 1. The van der Waals surface area contributed by atoms with E-state index in [0.717, 1.165) is 0 Å². The van der Waals surface area contributed by atoms with Gasteiger partial charge >= 0.3 is 5.97 Å². The summed E-state index contributed by atoms with van der Waals surface area (Å²) in [6.45, 7) is 0. The van der Waals surface area contributed by atoms with Crippen molar-refractivity contribution in [2.75, 3.05) is 0 Å². The number of fused-ring (bicyclic) bond motifs is 5. The maximum Gasteiger partial charge on any atom is 0.337 e. The first-order chi connectivity index (χ1) is 10.6. The molecule has 0 spiro atoms. The van der Waals surface area contributed by atoms with Crippen molar-refractivity contribution in [1.29, 1.82) is 0 Å². The normalized spacial score (nSPS) is 11.5. The van der Waals surface area contributed by atoms with Crippen LogP contribution in [-0.2, 0) is 0 Å². The molecule has 0 bridgehead atoms. The number of nitrogens with zero attached hydrogens (tertiary/aromatic N) is 1. The van der Waals surface area contributed by atoms with Crippen molar-refractivity contribution in [3.8, 4) is 0 Å². The Balaban J connectivity index is 2.15. The molecule has 0 saturated heterocycles. The second-order valence-corrected chi connectivity index (χ2v) is 4.90. The fraction of sp³-hybridized carbons (Fsp3) is 0. The van der Waals surface area contributed by atoms with Crippen LogP contribution in [0.5, 0.6) is 0 Å². The maximum atomic E-state index is 11.3. The van der Waals surface area contributed by atoms with E-state index in [-0.39, 0.29) is 11.3 Å². The van der Waals surface area contributed by atoms with Gasteiger partial charge in [0.25, 0.3) is 5.69 Å². The number of aromatic carboxylic acids is 1. The van der Waals surface area contributed by atoms with Crippen LogP contribution in [0.25, 0.3) is 33.0 Å². The fourth-order valence-electron chi connectivity index (χ4n) is 2.69. The summed E-state index contributed by atoms with van der Waals surface area (Å²) in [6, 6.07) is 9.19. The van der Waals surface area contributed by atoms with Crippen molar-refractivity contribution >= 4 is 44.6 Å². The molecule has 4 rings (SSSR count). The zero-order valence-electron chi connectivity index (χ0n) is 11.0. The molecule has 0 amide bonds. The molecule has 0 fully saturated rings. The first-order valence-electron chi connectivity index (χ1n) is 6.41. The zero-order valence-corrected chi connectivity index (χ0v) is 11.0. The number of para-hydroxylation sites is 1. The number of aromatic amines is 1. The average Bonchev–Trinajstić information content (AvgIpc) is 3.02. The summed E-state index contributed by atoms with van der Waals surface area (Å²) in [4.78, 5) is 24.7. The molecule has 0 saturated carbocycles. The Bertz CT molecular complexity index is 1090. The minimum Gasteiger partial charge on any atom is -0.478 e. The van der Waals surface area contributed by atoms with Gasteiger partial charge in [-0.3, -0.25) is 10.1 Å². The summed E-state index contributed by atoms with van der Waals surface area (Å²) in [5.41, 5.74) is 2.08. The van der Waals surface area contributed by atoms with E-state index in [4.69, 9.17) is 4.42 Å². The number of nitro groups is 1. The largest absolute Gasteiger partial charge is 0.478 e. The van der Waals surface area contributed by atoms with E-state index >= 15 is 0 Å². The number of nitrogens with one attached hydrogen (secondary N) is 1. The average molecular weight is 296 g/mol. The van der Waals surface area contributed by atoms with Crippen molar-refractivity contribution in [3.05, 3.63) is 52.1 Å². The summed E-state index contributed by atoms with van der Waals surface area (Å²) in [7, 11) is 0. The van der Waals surface area contributed by atoms with Gasteiger partial charge in [-0.05, 0) is 18.2 Å². The smallest absolute Gasteiger partial charge is 0.337 e. The Morgan fingerprint density at radius 3 is 2.73 bits per heavy atom. The van der Waals surface area contributed by atoms with Crippen LogP contribution in [0, 0.1) is 10.1 Å². The van der Waals surface area contributed by atoms with Gasteiger partial charge in [0.1, 0.15) is 5.58 Å². The van der Waals surface area contributed by atoms with Gasteiger partial charge < -0.3 is 14.5 Å². The van der Waals surface area contributed by atoms with Crippen molar-refractivity contribution in [1.82, 2.24) is 4.98 Å². The monoisotopic (exact) mass is 296 g/mol. The molecule has 0 atom stereocenters. The standard InChI is InChI=1S/C15H8N2O5/c18-15(19)9-3-1-2-8-12(9)16-13-10-6-7(17(20)21)4-5-11(10)22-14(8)13/h1-6,16H,(H,18,19). The minimum absolute atomic E-state index is 0.0488. The molecule has 0 aliphatic rings. The number of aromatic nitrogens is 1. The molecule has 0 radical (unpaired) electrons. The zero-order chi connectivity index (χ0) is 15.4. The number of hydrogen-bond donors (Lipinski definition) is 2. The lowest BCUT2D eigenvalue weighted by Crippen LogP contribution is -1.96. The molecule has 22 heavy (non-hydrogen) atoms. The van der Waals surface area contributed by atoms with Gasteiger partial charge in [0, 0.05) is 17.5 Å². The highest BCUT2D eigenvalue weighted by Crippen LogP contribution is 2.36. The van der Waals surface area contributed by atoms with Gasteiger partial charge in [-0.25, -0.2) is 4.79 Å². The van der Waals surface area contributed by atoms with E-state index in [1.807, 2.05) is 0 Å². The number of carbonyl (C=O) groups is 1. The van der Waals surface area contributed by atoms with Crippen molar-refractivity contribution in [2.45, 2.75) is 0 Å². The minimum atomic E-state index is -1.05. The van der Waals surface area contributed by atoms with Crippen LogP contribution in [0.2, 0.25) is 0 Å². The molecule has 7 nitrogen and oxygen atoms in total. The molecular weight excluding hydrogens is 288 g/mol. The van der Waals surface area contributed by atoms with Gasteiger partial charge in [0.2, 0.25) is 0 Å². The quantitative estimate of drug-likeness (QED) is 0.433. The fourth-order valence-corrected chi connectivity index (χ4v) is 2.69. The maximum absolute atomic E-state index is 11.3. The number of nitro benzene ring substituents is 1. The van der Waals surface area contributed by atoms with Crippen LogP contribution in [0.1, 0.15) is 10.4 Å². The van der Waals surface area contributed by atoms with E-state index in [2.05, 4.69) is 4.98 Å². The van der Waals surface area contributed by atoms with Gasteiger partial charge in [0.15, 0.2) is 5.58 Å². The molecule has 0 unspecified atom stereocenters. The number of benzene rings is 2. The van der Waals surface area contributed by atoms with Crippen molar-refractivity contribution < 1.29 is 19.2 Å². The van der Waals surface area contributed by atoms with Crippen molar-refractivity contribution in [2.24, 2.45) is 0 Å². The van der Waals surface area contributed by atoms with Crippen LogP contribution >= 0.6 is 0 Å². The van der Waals surface area contributed by atoms with Crippen molar-refractivity contribution in [3.63, 3.8) is 0 Å². The lowest BCUT2D eigenvalue weighted by atomic mass is 10.1. The molecular formula is C15H8N2O5. The highest BCUT2D eigenvalue weighted by Gasteiger charge is 2.19. The highest BCUT2D eigenvalue weighted by molar-refractivity contribution is 6.18. The first-order valence-corrected chi connectivity index (χ1v) is 6.41. The number of rotatable bonds is 2. The van der Waals surface area contributed by atoms with Gasteiger partial charge in [-0.1, -0.05) is 6.07 Å². The molecule has 4 aromatic rings. The van der Waals surface area contributed by atoms with E-state index < -0.39 is 10.9 Å². The highest BCUT2D eigenvalue weighted by atomic mass is 16.6. The van der Waals surface area contributed by atoms with E-state index in [1.165, 1.54) is 24.3 Å². The lowest BCUT2D eigenvalue weighted by molar-refractivity contribution is -0.384. The van der Waals surface area contributed by atoms with Crippen LogP contribution in [0.4, 0.5) is 5.69 Å². The molecule has 2 heterocycles. The third-order valence-corrected chi connectivity index (χ3v) is 3.67. The molecule has 2 aromatic heterocycles. The molecule has 7 heteroatoms. The Morgan fingerprint density at radius 1 is 1.18 bits per heavy atom. The third kappa shape index (κ3) is 1.53. The lowest BCUT2D eigenvalue weighted by Gasteiger charge is -1.96. The summed E-state index contributed by atoms with van der Waals surface area (Å²) in [5.74, 6) is -1.05. The van der Waals surface area contributed by atoms with Gasteiger partial charge in [-0.15, -0.1) is 0 Å². The van der Waals surface area contributed by atoms with Crippen LogP contribution in [0.3, 0.4) is 0 Å². The van der Waals surface area contributed by atoms with Crippen LogP contribution < -0.4 is 0 Å². The molecule has 0 aliphatic carbocycles. The van der Waals surface area contributed by atoms with Crippen LogP contribution in [-0.4, -0.2) is 21.0 Å². The Labute approximate surface area is 121 Å². The molecule has 2 aromatic carbocycles. The summed E-state index contributed by atoms with van der Waals surface area (Å²) in [6.07, 6.45) is 0. The summed E-state index contributed by atoms with van der Waals surface area (Å²) < 4.78 is 5.73. The molecule has 2 N–H and O–H groups in total. The van der Waals surface area contributed by atoms with E-state index in [0.29, 0.717) is 33.0 Å². The number of H-pyrrole nitrogens is 1. The number of furan rings is 1. The van der Waals surface area contributed by atoms with Gasteiger partial charge in [-0.2, -0.15) is 0 Å². The summed E-state index contributed by atoms with van der Waals surface area (Å²) in [5, 5.41) is 21.3. The predicted molar refractivity (Wildman–Crippen MR) is 79.2 cm³/mol. The predicted octanol–water partition coefficient (Wildman–Crippen LogP) is 3.67. The Hall–Kier alpha value is -3.35. The second-order valence-electron chi connectivity index (χ2n) is 4.90. The van der Waals surface area contributed by atoms with E-state index in [9.17, 15) is 20.0 Å².